The first kappa shape index (κ1) is 26.6. The van der Waals surface area contributed by atoms with E-state index in [2.05, 4.69) is 37.8 Å². The summed E-state index contributed by atoms with van der Waals surface area (Å²) < 4.78 is 27.5. The number of aromatic nitrogens is 5. The summed E-state index contributed by atoms with van der Waals surface area (Å²) >= 11 is 0. The molecule has 3 aromatic heterocycles. The number of anilines is 2. The number of unbranched alkanes of at least 4 members (excludes halogenated alkanes) is 1. The summed E-state index contributed by atoms with van der Waals surface area (Å²) in [5.41, 5.74) is 3.36. The van der Waals surface area contributed by atoms with Gasteiger partial charge in [-0.2, -0.15) is 5.10 Å². The average Bonchev–Trinajstić information content (AvgIpc) is 3.27. The number of aryl methyl sites for hydroxylation is 3. The highest BCUT2D eigenvalue weighted by atomic mass is 19.3. The lowest BCUT2D eigenvalue weighted by Gasteiger charge is -2.24. The molecule has 4 rings (SSSR count). The van der Waals surface area contributed by atoms with Crippen molar-refractivity contribution in [3.8, 4) is 0 Å². The molecular weight excluding hydrogens is 482 g/mol. The number of carboxylic acids is 1. The highest BCUT2D eigenvalue weighted by Crippen LogP contribution is 2.21. The van der Waals surface area contributed by atoms with Crippen molar-refractivity contribution in [2.45, 2.75) is 57.4 Å². The van der Waals surface area contributed by atoms with Gasteiger partial charge in [0, 0.05) is 38.8 Å². The lowest BCUT2D eigenvalue weighted by molar-refractivity contribution is -0.138. The molecule has 10 nitrogen and oxygen atoms in total. The SMILES string of the molecule is Cn1cc2ncnc(NC(CCN(CCCCc3ccc4c(n3)NCCC4)CCC(F)F)C(=O)O)c2n1. The number of hydrogen-bond donors (Lipinski definition) is 3. The molecule has 37 heavy (non-hydrogen) atoms. The van der Waals surface area contributed by atoms with Gasteiger partial charge in [0.1, 0.15) is 23.7 Å². The molecule has 0 saturated carbocycles. The van der Waals surface area contributed by atoms with Crippen LogP contribution in [0.1, 0.15) is 43.4 Å². The van der Waals surface area contributed by atoms with Crippen LogP contribution in [0.5, 0.6) is 0 Å². The van der Waals surface area contributed by atoms with Crippen LogP contribution in [0, 0.1) is 0 Å². The van der Waals surface area contributed by atoms with Crippen molar-refractivity contribution in [2.75, 3.05) is 36.8 Å². The molecule has 4 heterocycles. The van der Waals surface area contributed by atoms with Gasteiger partial charge in [-0.15, -0.1) is 0 Å². The van der Waals surface area contributed by atoms with Crippen molar-refractivity contribution in [1.29, 1.82) is 0 Å². The largest absolute Gasteiger partial charge is 0.480 e. The zero-order valence-electron chi connectivity index (χ0n) is 21.0. The first-order chi connectivity index (χ1) is 17.9. The second kappa shape index (κ2) is 12.7. The number of carbonyl (C=O) groups is 1. The average molecular weight is 517 g/mol. The number of fused-ring (bicyclic) bond motifs is 2. The van der Waals surface area contributed by atoms with Crippen molar-refractivity contribution in [2.24, 2.45) is 7.05 Å². The smallest absolute Gasteiger partial charge is 0.326 e. The monoisotopic (exact) mass is 516 g/mol. The van der Waals surface area contributed by atoms with Gasteiger partial charge in [-0.3, -0.25) is 4.68 Å². The quantitative estimate of drug-likeness (QED) is 0.277. The van der Waals surface area contributed by atoms with E-state index >= 15 is 0 Å². The van der Waals surface area contributed by atoms with E-state index in [1.807, 2.05) is 4.90 Å². The predicted octanol–water partition coefficient (Wildman–Crippen LogP) is 3.35. The van der Waals surface area contributed by atoms with Gasteiger partial charge in [0.25, 0.3) is 0 Å². The highest BCUT2D eigenvalue weighted by Gasteiger charge is 2.22. The van der Waals surface area contributed by atoms with Crippen LogP contribution in [-0.2, 0) is 24.7 Å². The summed E-state index contributed by atoms with van der Waals surface area (Å²) in [6.07, 6.45) is 5.31. The Bertz CT molecular complexity index is 1190. The number of carboxylic acid groups (broad SMARTS) is 1. The van der Waals surface area contributed by atoms with Gasteiger partial charge in [0.2, 0.25) is 6.43 Å². The Kier molecular flexibility index (Phi) is 9.15. The number of nitrogens with one attached hydrogen (secondary N) is 2. The molecule has 1 aliphatic heterocycles. The molecule has 200 valence electrons. The van der Waals surface area contributed by atoms with Gasteiger partial charge in [0.05, 0.1) is 6.20 Å². The zero-order chi connectivity index (χ0) is 26.2. The Balaban J connectivity index is 1.31. The third-order valence-electron chi connectivity index (χ3n) is 6.53. The van der Waals surface area contributed by atoms with E-state index in [0.717, 1.165) is 50.2 Å². The van der Waals surface area contributed by atoms with Crippen LogP contribution in [0.2, 0.25) is 0 Å². The van der Waals surface area contributed by atoms with Crippen LogP contribution in [-0.4, -0.2) is 79.4 Å². The van der Waals surface area contributed by atoms with E-state index in [1.165, 1.54) is 11.9 Å². The summed E-state index contributed by atoms with van der Waals surface area (Å²) in [4.78, 5) is 26.9. The number of rotatable bonds is 14. The Labute approximate surface area is 214 Å². The Morgan fingerprint density at radius 1 is 1.22 bits per heavy atom. The molecule has 1 atom stereocenters. The Morgan fingerprint density at radius 2 is 2.05 bits per heavy atom. The summed E-state index contributed by atoms with van der Waals surface area (Å²) in [5, 5.41) is 20.4. The van der Waals surface area contributed by atoms with Crippen LogP contribution in [0.25, 0.3) is 11.0 Å². The third kappa shape index (κ3) is 7.54. The lowest BCUT2D eigenvalue weighted by atomic mass is 10.1. The maximum absolute atomic E-state index is 12.9. The summed E-state index contributed by atoms with van der Waals surface area (Å²) in [7, 11) is 1.75. The van der Waals surface area contributed by atoms with Crippen molar-refractivity contribution >= 4 is 28.6 Å². The van der Waals surface area contributed by atoms with Crippen molar-refractivity contribution in [3.05, 3.63) is 35.9 Å². The minimum Gasteiger partial charge on any atom is -0.480 e. The second-order valence-electron chi connectivity index (χ2n) is 9.40. The van der Waals surface area contributed by atoms with E-state index in [-0.39, 0.29) is 19.4 Å². The fraction of sp³-hybridized carbons (Fsp3) is 0.560. The first-order valence-electron chi connectivity index (χ1n) is 12.8. The van der Waals surface area contributed by atoms with Crippen LogP contribution < -0.4 is 10.6 Å². The predicted molar refractivity (Wildman–Crippen MR) is 137 cm³/mol. The molecule has 0 saturated heterocycles. The lowest BCUT2D eigenvalue weighted by Crippen LogP contribution is -2.36. The maximum Gasteiger partial charge on any atom is 0.326 e. The Hall–Kier alpha value is -3.41. The van der Waals surface area contributed by atoms with Gasteiger partial charge in [-0.25, -0.2) is 28.5 Å². The molecule has 0 aliphatic carbocycles. The highest BCUT2D eigenvalue weighted by molar-refractivity contribution is 5.87. The second-order valence-corrected chi connectivity index (χ2v) is 9.40. The molecule has 0 radical (unpaired) electrons. The molecule has 0 spiro atoms. The summed E-state index contributed by atoms with van der Waals surface area (Å²) in [5.74, 6) is 0.272. The van der Waals surface area contributed by atoms with E-state index in [4.69, 9.17) is 4.98 Å². The van der Waals surface area contributed by atoms with E-state index < -0.39 is 18.4 Å². The van der Waals surface area contributed by atoms with Crippen molar-refractivity contribution in [3.63, 3.8) is 0 Å². The molecule has 0 amide bonds. The molecule has 0 aromatic carbocycles. The van der Waals surface area contributed by atoms with Gasteiger partial charge < -0.3 is 20.6 Å². The number of halogens is 2. The molecule has 1 unspecified atom stereocenters. The summed E-state index contributed by atoms with van der Waals surface area (Å²) in [6.45, 7) is 2.14. The molecule has 3 aromatic rings. The molecule has 0 fully saturated rings. The number of pyridine rings is 1. The summed E-state index contributed by atoms with van der Waals surface area (Å²) in [6, 6.07) is 3.25. The third-order valence-corrected chi connectivity index (χ3v) is 6.53. The number of nitrogens with zero attached hydrogens (tertiary/aromatic N) is 6. The standard InChI is InChI=1S/C25H34F2N8O2/c1-34-15-20-22(33-34)24(30-16-29-20)32-19(25(36)37)9-13-35(14-10-21(26)27)12-3-2-6-18-8-7-17-5-4-11-28-23(17)31-18/h7-8,15-16,19,21H,2-6,9-14H2,1H3,(H,28,31)(H,36,37)(H,29,30,32). The minimum absolute atomic E-state index is 0.211. The van der Waals surface area contributed by atoms with E-state index in [0.29, 0.717) is 29.9 Å². The molecular formula is C25H34F2N8O2. The fourth-order valence-electron chi connectivity index (χ4n) is 4.55. The molecule has 0 bridgehead atoms. The van der Waals surface area contributed by atoms with Gasteiger partial charge in [0.15, 0.2) is 11.3 Å². The van der Waals surface area contributed by atoms with Gasteiger partial charge >= 0.3 is 5.97 Å². The Morgan fingerprint density at radius 3 is 2.86 bits per heavy atom. The van der Waals surface area contributed by atoms with Crippen molar-refractivity contribution < 1.29 is 18.7 Å². The van der Waals surface area contributed by atoms with E-state index in [1.54, 1.807) is 17.9 Å². The number of aliphatic carboxylic acids is 1. The molecule has 1 aliphatic rings. The van der Waals surface area contributed by atoms with Gasteiger partial charge in [-0.05, 0) is 56.7 Å². The normalized spacial score (nSPS) is 14.1. The van der Waals surface area contributed by atoms with Gasteiger partial charge in [-0.1, -0.05) is 6.07 Å². The minimum atomic E-state index is -2.40. The topological polar surface area (TPSA) is 121 Å². The van der Waals surface area contributed by atoms with Crippen LogP contribution in [0.15, 0.2) is 24.7 Å². The van der Waals surface area contributed by atoms with Crippen LogP contribution in [0.3, 0.4) is 0 Å². The number of alkyl halides is 2. The molecule has 3 N–H and O–H groups in total. The zero-order valence-corrected chi connectivity index (χ0v) is 21.0. The van der Waals surface area contributed by atoms with Crippen LogP contribution >= 0.6 is 0 Å². The maximum atomic E-state index is 12.9. The fourth-order valence-corrected chi connectivity index (χ4v) is 4.55. The molecule has 12 heteroatoms. The van der Waals surface area contributed by atoms with Crippen molar-refractivity contribution in [1.82, 2.24) is 29.6 Å². The number of hydrogen-bond acceptors (Lipinski definition) is 8. The first-order valence-corrected chi connectivity index (χ1v) is 12.8. The van der Waals surface area contributed by atoms with E-state index in [9.17, 15) is 18.7 Å². The van der Waals surface area contributed by atoms with Crippen LogP contribution in [0.4, 0.5) is 20.4 Å².